The summed E-state index contributed by atoms with van der Waals surface area (Å²) in [5.74, 6) is -0.635. The van der Waals surface area contributed by atoms with Crippen molar-refractivity contribution in [1.82, 2.24) is 0 Å². The van der Waals surface area contributed by atoms with Crippen LogP contribution in [0.15, 0.2) is 0 Å². The summed E-state index contributed by atoms with van der Waals surface area (Å²) in [6, 6.07) is 3.32. The lowest BCUT2D eigenvalue weighted by molar-refractivity contribution is -0.216. The first-order valence-electron chi connectivity index (χ1n) is 12.2. The lowest BCUT2D eigenvalue weighted by Gasteiger charge is -2.43. The van der Waals surface area contributed by atoms with Crippen molar-refractivity contribution in [2.75, 3.05) is 6.61 Å². The first-order chi connectivity index (χ1) is 13.9. The van der Waals surface area contributed by atoms with E-state index in [2.05, 4.69) is 62.3 Å². The Bertz CT molecular complexity index is 518. The second kappa shape index (κ2) is 10.0. The summed E-state index contributed by atoms with van der Waals surface area (Å²) in [7, 11) is -3.81. The maximum Gasteiger partial charge on any atom is 0.200 e. The summed E-state index contributed by atoms with van der Waals surface area (Å²) in [5, 5.41) is 0. The van der Waals surface area contributed by atoms with Gasteiger partial charge in [-0.1, -0.05) is 62.3 Å². The highest BCUT2D eigenvalue weighted by molar-refractivity contribution is 6.77. The third-order valence-corrected chi connectivity index (χ3v) is 18.3. The molecule has 7 heteroatoms. The smallest absolute Gasteiger partial charge is 0.200 e. The third kappa shape index (κ3) is 5.08. The van der Waals surface area contributed by atoms with E-state index in [0.717, 1.165) is 18.1 Å². The SMILES string of the molecule is CC[Si](CC)(CC)O[C@@H]1[C@H]2OC(C)(C)O[C@H]2O[C@@H]1CO[Si](C(C)C)(C(C)C)C(C)C. The van der Waals surface area contributed by atoms with Crippen LogP contribution in [0.2, 0.25) is 34.8 Å². The molecule has 2 saturated heterocycles. The van der Waals surface area contributed by atoms with Gasteiger partial charge in [-0.05, 0) is 48.6 Å². The number of hydrogen-bond acceptors (Lipinski definition) is 5. The minimum absolute atomic E-state index is 0.124. The topological polar surface area (TPSA) is 46.2 Å². The summed E-state index contributed by atoms with van der Waals surface area (Å²) in [6.07, 6.45) is -0.820. The van der Waals surface area contributed by atoms with Crippen LogP contribution in [0.4, 0.5) is 0 Å². The van der Waals surface area contributed by atoms with Gasteiger partial charge in [0.1, 0.15) is 18.3 Å². The predicted octanol–water partition coefficient (Wildman–Crippen LogP) is 6.45. The molecule has 0 aromatic rings. The lowest BCUT2D eigenvalue weighted by atomic mass is 10.1. The van der Waals surface area contributed by atoms with Gasteiger partial charge in [0, 0.05) is 0 Å². The minimum atomic E-state index is -1.98. The van der Waals surface area contributed by atoms with E-state index in [9.17, 15) is 0 Å². The van der Waals surface area contributed by atoms with Gasteiger partial charge in [0.05, 0.1) is 6.61 Å². The number of fused-ring (bicyclic) bond motifs is 1. The molecule has 2 fully saturated rings. The molecular weight excluding hydrogens is 412 g/mol. The highest BCUT2D eigenvalue weighted by atomic mass is 28.4. The van der Waals surface area contributed by atoms with Gasteiger partial charge in [-0.15, -0.1) is 0 Å². The van der Waals surface area contributed by atoms with Crippen LogP contribution in [0.5, 0.6) is 0 Å². The van der Waals surface area contributed by atoms with E-state index in [1.54, 1.807) is 0 Å². The van der Waals surface area contributed by atoms with Gasteiger partial charge in [0.25, 0.3) is 0 Å². The molecular formula is C23H48O5Si2. The average Bonchev–Trinajstić information content (AvgIpc) is 3.11. The van der Waals surface area contributed by atoms with E-state index in [4.69, 9.17) is 23.1 Å². The molecule has 2 aliphatic rings. The van der Waals surface area contributed by atoms with Gasteiger partial charge in [-0.25, -0.2) is 0 Å². The van der Waals surface area contributed by atoms with Crippen LogP contribution in [0.3, 0.4) is 0 Å². The normalized spacial score (nSPS) is 29.4. The van der Waals surface area contributed by atoms with Crippen molar-refractivity contribution in [3.8, 4) is 0 Å². The largest absolute Gasteiger partial charge is 0.413 e. The maximum atomic E-state index is 6.96. The zero-order chi connectivity index (χ0) is 22.9. The lowest BCUT2D eigenvalue weighted by Crippen LogP contribution is -2.52. The maximum absolute atomic E-state index is 6.96. The minimum Gasteiger partial charge on any atom is -0.413 e. The fourth-order valence-electron chi connectivity index (χ4n) is 5.84. The summed E-state index contributed by atoms with van der Waals surface area (Å²) in [6.45, 7) is 25.2. The summed E-state index contributed by atoms with van der Waals surface area (Å²) in [5.41, 5.74) is 1.62. The van der Waals surface area contributed by atoms with E-state index in [-0.39, 0.29) is 24.6 Å². The monoisotopic (exact) mass is 460 g/mol. The van der Waals surface area contributed by atoms with Crippen molar-refractivity contribution >= 4 is 16.6 Å². The molecule has 0 bridgehead atoms. The molecule has 2 heterocycles. The molecule has 2 rings (SSSR count). The number of rotatable bonds is 11. The van der Waals surface area contributed by atoms with E-state index in [1.165, 1.54) is 0 Å². The van der Waals surface area contributed by atoms with Crippen LogP contribution < -0.4 is 0 Å². The van der Waals surface area contributed by atoms with Crippen molar-refractivity contribution in [3.05, 3.63) is 0 Å². The molecule has 2 aliphatic heterocycles. The van der Waals surface area contributed by atoms with Crippen LogP contribution in [-0.4, -0.2) is 53.6 Å². The molecule has 0 spiro atoms. The van der Waals surface area contributed by atoms with Crippen LogP contribution in [0.1, 0.15) is 76.2 Å². The molecule has 0 amide bonds. The molecule has 0 radical (unpaired) electrons. The molecule has 0 unspecified atom stereocenters. The van der Waals surface area contributed by atoms with Gasteiger partial charge in [-0.2, -0.15) is 0 Å². The standard InChI is InChI=1S/C23H48O5Si2/c1-12-29(13-2,14-3)28-20-19(25-22-21(20)26-23(10,11)27-22)15-24-30(16(4)5,17(6)7)18(8)9/h16-22H,12-15H2,1-11H3/t19-,20+,21-,22-/m1/s1. The second-order valence-electron chi connectivity index (χ2n) is 10.6. The molecule has 0 aromatic heterocycles. The first kappa shape index (κ1) is 26.5. The number of ether oxygens (including phenoxy) is 3. The van der Waals surface area contributed by atoms with Gasteiger partial charge < -0.3 is 23.1 Å². The second-order valence-corrected chi connectivity index (χ2v) is 20.8. The molecule has 5 nitrogen and oxygen atoms in total. The van der Waals surface area contributed by atoms with E-state index < -0.39 is 22.4 Å². The van der Waals surface area contributed by atoms with E-state index in [0.29, 0.717) is 23.2 Å². The van der Waals surface area contributed by atoms with Crippen molar-refractivity contribution < 1.29 is 23.1 Å². The van der Waals surface area contributed by atoms with Gasteiger partial charge >= 0.3 is 0 Å². The Hall–Kier alpha value is 0.234. The average molecular weight is 461 g/mol. The molecule has 4 atom stereocenters. The van der Waals surface area contributed by atoms with Crippen molar-refractivity contribution in [3.63, 3.8) is 0 Å². The van der Waals surface area contributed by atoms with Gasteiger partial charge in [0.15, 0.2) is 28.7 Å². The van der Waals surface area contributed by atoms with E-state index >= 15 is 0 Å². The Morgan fingerprint density at radius 1 is 0.833 bits per heavy atom. The molecule has 0 aromatic carbocycles. The summed E-state index contributed by atoms with van der Waals surface area (Å²) in [4.78, 5) is 0. The molecule has 178 valence electrons. The number of hydrogen-bond donors (Lipinski definition) is 0. The van der Waals surface area contributed by atoms with Crippen LogP contribution >= 0.6 is 0 Å². The van der Waals surface area contributed by atoms with Crippen molar-refractivity contribution in [2.24, 2.45) is 0 Å². The fourth-order valence-corrected chi connectivity index (χ4v) is 14.2. The highest BCUT2D eigenvalue weighted by Crippen LogP contribution is 2.45. The Balaban J connectivity index is 2.26. The quantitative estimate of drug-likeness (QED) is 0.332. The fraction of sp³-hybridized carbons (Fsp3) is 1.00. The Morgan fingerprint density at radius 3 is 1.77 bits per heavy atom. The molecule has 0 aliphatic carbocycles. The van der Waals surface area contributed by atoms with Crippen molar-refractivity contribution in [1.29, 1.82) is 0 Å². The van der Waals surface area contributed by atoms with Crippen LogP contribution in [0.25, 0.3) is 0 Å². The van der Waals surface area contributed by atoms with Crippen LogP contribution in [-0.2, 0) is 23.1 Å². The zero-order valence-corrected chi connectivity index (χ0v) is 23.4. The predicted molar refractivity (Wildman–Crippen MR) is 128 cm³/mol. The summed E-state index contributed by atoms with van der Waals surface area (Å²) < 4.78 is 32.6. The van der Waals surface area contributed by atoms with E-state index in [1.807, 2.05) is 13.8 Å². The van der Waals surface area contributed by atoms with Gasteiger partial charge in [-0.3, -0.25) is 0 Å². The first-order valence-corrected chi connectivity index (χ1v) is 16.9. The zero-order valence-electron chi connectivity index (χ0n) is 21.4. The molecule has 0 saturated carbocycles. The third-order valence-electron chi connectivity index (χ3n) is 7.61. The Kier molecular flexibility index (Phi) is 8.84. The summed E-state index contributed by atoms with van der Waals surface area (Å²) >= 11 is 0. The molecule has 0 N–H and O–H groups in total. The van der Waals surface area contributed by atoms with Crippen LogP contribution in [0, 0.1) is 0 Å². The van der Waals surface area contributed by atoms with Crippen molar-refractivity contribution in [2.45, 2.75) is 141 Å². The Morgan fingerprint density at radius 2 is 1.33 bits per heavy atom. The Labute approximate surface area is 187 Å². The highest BCUT2D eigenvalue weighted by Gasteiger charge is 2.57. The molecule has 30 heavy (non-hydrogen) atoms. The van der Waals surface area contributed by atoms with Gasteiger partial charge in [0.2, 0.25) is 0 Å².